The summed E-state index contributed by atoms with van der Waals surface area (Å²) in [6.07, 6.45) is 5.95. The molecule has 0 N–H and O–H groups in total. The third-order valence-corrected chi connectivity index (χ3v) is 2.05. The molecule has 0 aliphatic carbocycles. The number of carbonyl (C=O) groups is 1. The molecule has 3 nitrogen and oxygen atoms in total. The van der Waals surface area contributed by atoms with Gasteiger partial charge >= 0.3 is 5.97 Å². The molecule has 0 heterocycles. The van der Waals surface area contributed by atoms with Crippen molar-refractivity contribution in [2.45, 2.75) is 32.6 Å². The van der Waals surface area contributed by atoms with E-state index in [1.165, 1.54) is 25.3 Å². The van der Waals surface area contributed by atoms with Crippen molar-refractivity contribution in [2.24, 2.45) is 0 Å². The summed E-state index contributed by atoms with van der Waals surface area (Å²) in [5.74, 6) is -0.356. The molecular weight excluding hydrogens is 258 g/mol. The standard InChI is InChI=1S/C11H22NO2.BrH/c1-5-7-8-9-10-12(3,4)14-11(13)6-2;/h6H,2,5,7-10H2,1,3-4H3;1H/q+1;/p-1. The van der Waals surface area contributed by atoms with Gasteiger partial charge in [0.1, 0.15) is 20.6 Å². The van der Waals surface area contributed by atoms with E-state index in [-0.39, 0.29) is 27.6 Å². The minimum Gasteiger partial charge on any atom is -1.00 e. The van der Waals surface area contributed by atoms with E-state index in [1.54, 1.807) is 0 Å². The number of hydroxylamine groups is 3. The molecule has 0 saturated heterocycles. The van der Waals surface area contributed by atoms with Gasteiger partial charge in [-0.1, -0.05) is 26.3 Å². The third-order valence-electron chi connectivity index (χ3n) is 2.05. The second-order valence-electron chi connectivity index (χ2n) is 3.97. The van der Waals surface area contributed by atoms with Gasteiger partial charge in [-0.25, -0.2) is 4.79 Å². The number of hydrogen-bond acceptors (Lipinski definition) is 2. The summed E-state index contributed by atoms with van der Waals surface area (Å²) >= 11 is 0. The Morgan fingerprint density at radius 3 is 2.40 bits per heavy atom. The first-order valence-corrected chi connectivity index (χ1v) is 5.21. The molecule has 0 amide bonds. The predicted molar refractivity (Wildman–Crippen MR) is 57.4 cm³/mol. The molecule has 0 atom stereocenters. The van der Waals surface area contributed by atoms with E-state index < -0.39 is 0 Å². The Morgan fingerprint density at radius 2 is 1.93 bits per heavy atom. The highest BCUT2D eigenvalue weighted by molar-refractivity contribution is 5.80. The Labute approximate surface area is 103 Å². The van der Waals surface area contributed by atoms with Crippen LogP contribution in [-0.4, -0.2) is 31.3 Å². The van der Waals surface area contributed by atoms with E-state index in [9.17, 15) is 4.79 Å². The average Bonchev–Trinajstić information content (AvgIpc) is 2.12. The summed E-state index contributed by atoms with van der Waals surface area (Å²) in [4.78, 5) is 16.1. The van der Waals surface area contributed by atoms with Crippen LogP contribution >= 0.6 is 0 Å². The molecule has 0 saturated carbocycles. The van der Waals surface area contributed by atoms with E-state index >= 15 is 0 Å². The number of nitrogens with zero attached hydrogens (tertiary/aromatic N) is 1. The zero-order chi connectivity index (χ0) is 11.0. The quantitative estimate of drug-likeness (QED) is 0.267. The lowest BCUT2D eigenvalue weighted by Crippen LogP contribution is -3.00. The topological polar surface area (TPSA) is 26.3 Å². The van der Waals surface area contributed by atoms with Crippen LogP contribution in [0.15, 0.2) is 12.7 Å². The Hall–Kier alpha value is -0.350. The summed E-state index contributed by atoms with van der Waals surface area (Å²) in [7, 11) is 3.76. The maximum absolute atomic E-state index is 11.0. The summed E-state index contributed by atoms with van der Waals surface area (Å²) in [5.41, 5.74) is 0. The van der Waals surface area contributed by atoms with E-state index in [4.69, 9.17) is 4.84 Å². The molecule has 15 heavy (non-hydrogen) atoms. The van der Waals surface area contributed by atoms with Crippen LogP contribution in [0.3, 0.4) is 0 Å². The van der Waals surface area contributed by atoms with Gasteiger partial charge < -0.3 is 17.0 Å². The lowest BCUT2D eigenvalue weighted by atomic mass is 10.2. The molecule has 0 aliphatic rings. The normalized spacial score (nSPS) is 10.3. The van der Waals surface area contributed by atoms with Gasteiger partial charge in [0.2, 0.25) is 0 Å². The fraction of sp³-hybridized carbons (Fsp3) is 0.727. The Bertz CT molecular complexity index is 193. The zero-order valence-electron chi connectivity index (χ0n) is 9.96. The van der Waals surface area contributed by atoms with Crippen molar-refractivity contribution in [3.05, 3.63) is 12.7 Å². The first-order valence-electron chi connectivity index (χ1n) is 5.21. The summed E-state index contributed by atoms with van der Waals surface area (Å²) in [5, 5.41) is 0. The molecule has 0 aromatic carbocycles. The summed E-state index contributed by atoms with van der Waals surface area (Å²) < 4.78 is 0.286. The van der Waals surface area contributed by atoms with Gasteiger partial charge in [-0.05, 0) is 6.42 Å². The van der Waals surface area contributed by atoms with Gasteiger partial charge in [-0.15, -0.1) is 4.65 Å². The second kappa shape index (κ2) is 8.92. The maximum atomic E-state index is 11.0. The van der Waals surface area contributed by atoms with Crippen molar-refractivity contribution in [2.75, 3.05) is 20.6 Å². The highest BCUT2D eigenvalue weighted by Crippen LogP contribution is 2.06. The highest BCUT2D eigenvalue weighted by Gasteiger charge is 2.19. The number of hydrogen-bond donors (Lipinski definition) is 0. The van der Waals surface area contributed by atoms with Crippen LogP contribution in [0.2, 0.25) is 0 Å². The molecular formula is C11H22BrNO2. The predicted octanol–water partition coefficient (Wildman–Crippen LogP) is -0.709. The number of halogens is 1. The molecule has 0 bridgehead atoms. The van der Waals surface area contributed by atoms with Gasteiger partial charge in [-0.3, -0.25) is 4.84 Å². The Morgan fingerprint density at radius 1 is 1.33 bits per heavy atom. The largest absolute Gasteiger partial charge is 1.00 e. The monoisotopic (exact) mass is 279 g/mol. The van der Waals surface area contributed by atoms with Gasteiger partial charge in [-0.2, -0.15) is 0 Å². The van der Waals surface area contributed by atoms with Gasteiger partial charge in [0.15, 0.2) is 0 Å². The minimum absolute atomic E-state index is 0. The molecule has 0 aromatic heterocycles. The van der Waals surface area contributed by atoms with E-state index in [0.29, 0.717) is 0 Å². The molecule has 4 heteroatoms. The van der Waals surface area contributed by atoms with Crippen LogP contribution in [0.25, 0.3) is 0 Å². The molecule has 0 fully saturated rings. The summed E-state index contributed by atoms with van der Waals surface area (Å²) in [6.45, 7) is 6.41. The molecule has 0 radical (unpaired) electrons. The second-order valence-corrected chi connectivity index (χ2v) is 3.97. The first-order chi connectivity index (χ1) is 6.52. The van der Waals surface area contributed by atoms with Crippen molar-refractivity contribution in [1.29, 1.82) is 0 Å². The number of unbranched alkanes of at least 4 members (excludes halogenated alkanes) is 3. The van der Waals surface area contributed by atoms with Crippen LogP contribution in [0.1, 0.15) is 32.6 Å². The number of quaternary nitrogens is 1. The van der Waals surface area contributed by atoms with Crippen molar-refractivity contribution in [1.82, 2.24) is 0 Å². The minimum atomic E-state index is -0.356. The molecule has 0 rings (SSSR count). The van der Waals surface area contributed by atoms with Crippen LogP contribution < -0.4 is 17.0 Å². The van der Waals surface area contributed by atoms with Crippen LogP contribution in [0, 0.1) is 0 Å². The summed E-state index contributed by atoms with van der Waals surface area (Å²) in [6, 6.07) is 0. The lowest BCUT2D eigenvalue weighted by molar-refractivity contribution is -1.06. The molecule has 0 unspecified atom stereocenters. The molecule has 0 aromatic rings. The van der Waals surface area contributed by atoms with E-state index in [2.05, 4.69) is 13.5 Å². The molecule has 0 spiro atoms. The van der Waals surface area contributed by atoms with E-state index in [0.717, 1.165) is 13.0 Å². The van der Waals surface area contributed by atoms with Crippen LogP contribution in [-0.2, 0) is 9.63 Å². The van der Waals surface area contributed by atoms with Gasteiger partial charge in [0.25, 0.3) is 0 Å². The number of rotatable bonds is 7. The zero-order valence-corrected chi connectivity index (χ0v) is 11.5. The van der Waals surface area contributed by atoms with Crippen molar-refractivity contribution in [3.63, 3.8) is 0 Å². The third kappa shape index (κ3) is 9.94. The molecule has 0 aliphatic heterocycles. The fourth-order valence-corrected chi connectivity index (χ4v) is 1.25. The smallest absolute Gasteiger partial charge is 0.389 e. The average molecular weight is 280 g/mol. The van der Waals surface area contributed by atoms with Gasteiger partial charge in [0.05, 0.1) is 0 Å². The van der Waals surface area contributed by atoms with Crippen molar-refractivity contribution in [3.8, 4) is 0 Å². The van der Waals surface area contributed by atoms with Crippen LogP contribution in [0.5, 0.6) is 0 Å². The maximum Gasteiger partial charge on any atom is 0.389 e. The lowest BCUT2D eigenvalue weighted by Gasteiger charge is -2.25. The Kier molecular flexibility index (Phi) is 10.1. The highest BCUT2D eigenvalue weighted by atomic mass is 79.9. The Balaban J connectivity index is 0. The van der Waals surface area contributed by atoms with Crippen molar-refractivity contribution >= 4 is 5.97 Å². The van der Waals surface area contributed by atoms with Gasteiger partial charge in [0, 0.05) is 12.5 Å². The SMILES string of the molecule is C=CC(=O)O[N+](C)(C)CCCCCC.[Br-]. The fourth-order valence-electron chi connectivity index (χ4n) is 1.25. The molecule has 90 valence electrons. The number of carbonyl (C=O) groups excluding carboxylic acids is 1. The van der Waals surface area contributed by atoms with E-state index in [1.807, 2.05) is 14.1 Å². The van der Waals surface area contributed by atoms with Crippen molar-refractivity contribution < 1.29 is 31.3 Å². The first kappa shape index (κ1) is 17.1. The van der Waals surface area contributed by atoms with Crippen LogP contribution in [0.4, 0.5) is 0 Å².